The van der Waals surface area contributed by atoms with Crippen molar-refractivity contribution in [3.05, 3.63) is 27.3 Å². The van der Waals surface area contributed by atoms with Gasteiger partial charge in [-0.05, 0) is 34.7 Å². The molecule has 1 aromatic rings. The maximum Gasteiger partial charge on any atom is 0.226 e. The molecule has 0 saturated heterocycles. The van der Waals surface area contributed by atoms with E-state index in [1.165, 1.54) is 12.1 Å². The molecule has 0 N–H and O–H groups in total. The van der Waals surface area contributed by atoms with Crippen molar-refractivity contribution in [1.82, 2.24) is 4.98 Å². The Morgan fingerprint density at radius 3 is 2.70 bits per heavy atom. The zero-order valence-electron chi connectivity index (χ0n) is 4.94. The van der Waals surface area contributed by atoms with Crippen molar-refractivity contribution in [2.45, 2.75) is 6.67 Å². The molecule has 1 rings (SSSR count). The predicted molar refractivity (Wildman–Crippen MR) is 41.7 cm³/mol. The Balaban J connectivity index is 3.04. The van der Waals surface area contributed by atoms with Gasteiger partial charge >= 0.3 is 0 Å². The van der Waals surface area contributed by atoms with Gasteiger partial charge in [0.15, 0.2) is 0 Å². The van der Waals surface area contributed by atoms with Crippen LogP contribution >= 0.6 is 22.6 Å². The summed E-state index contributed by atoms with van der Waals surface area (Å²) in [5.74, 6) is -0.601. The minimum atomic E-state index is -0.714. The largest absolute Gasteiger partial charge is 0.244 e. The van der Waals surface area contributed by atoms with E-state index in [0.717, 1.165) is 0 Å². The van der Waals surface area contributed by atoms with E-state index in [0.29, 0.717) is 3.57 Å². The quantitative estimate of drug-likeness (QED) is 0.554. The summed E-state index contributed by atoms with van der Waals surface area (Å²) in [5.41, 5.74) is 0.137. The van der Waals surface area contributed by atoms with Crippen molar-refractivity contribution >= 4 is 22.6 Å². The monoisotopic (exact) mass is 255 g/mol. The number of nitrogens with zero attached hydrogens (tertiary/aromatic N) is 1. The molecular weight excluding hydrogens is 251 g/mol. The fourth-order valence-corrected chi connectivity index (χ4v) is 0.830. The highest BCUT2D eigenvalue weighted by Gasteiger charge is 2.00. The number of hydrogen-bond acceptors (Lipinski definition) is 1. The molecule has 54 valence electrons. The molecule has 0 fully saturated rings. The van der Waals surface area contributed by atoms with Crippen LogP contribution in [0.1, 0.15) is 5.69 Å². The Hall–Kier alpha value is -0.260. The van der Waals surface area contributed by atoms with E-state index in [-0.39, 0.29) is 5.69 Å². The Morgan fingerprint density at radius 1 is 1.50 bits per heavy atom. The second-order valence-corrected chi connectivity index (χ2v) is 2.87. The van der Waals surface area contributed by atoms with Crippen LogP contribution in [0, 0.1) is 9.52 Å². The second-order valence-electron chi connectivity index (χ2n) is 1.71. The fourth-order valence-electron chi connectivity index (χ4n) is 0.529. The molecule has 1 heterocycles. The molecule has 1 nitrogen and oxygen atoms in total. The van der Waals surface area contributed by atoms with E-state index in [2.05, 4.69) is 4.98 Å². The molecular formula is C6H4F2IN. The summed E-state index contributed by atoms with van der Waals surface area (Å²) in [4.78, 5) is 3.34. The Bertz CT molecular complexity index is 239. The smallest absolute Gasteiger partial charge is 0.226 e. The number of aromatic nitrogens is 1. The fraction of sp³-hybridized carbons (Fsp3) is 0.167. The first-order chi connectivity index (χ1) is 4.74. The number of pyridine rings is 1. The van der Waals surface area contributed by atoms with Gasteiger partial charge < -0.3 is 0 Å². The van der Waals surface area contributed by atoms with Gasteiger partial charge in [-0.3, -0.25) is 0 Å². The van der Waals surface area contributed by atoms with Crippen molar-refractivity contribution in [2.24, 2.45) is 0 Å². The Kier molecular flexibility index (Phi) is 2.53. The highest BCUT2D eigenvalue weighted by atomic mass is 127. The first-order valence-corrected chi connectivity index (χ1v) is 3.69. The number of rotatable bonds is 1. The molecule has 0 bridgehead atoms. The molecule has 0 amide bonds. The van der Waals surface area contributed by atoms with Gasteiger partial charge in [-0.25, -0.2) is 9.37 Å². The molecule has 4 heteroatoms. The van der Waals surface area contributed by atoms with Gasteiger partial charge in [0, 0.05) is 0 Å². The van der Waals surface area contributed by atoms with Crippen LogP contribution in [0.4, 0.5) is 8.78 Å². The summed E-state index contributed by atoms with van der Waals surface area (Å²) in [7, 11) is 0. The topological polar surface area (TPSA) is 12.9 Å². The maximum absolute atomic E-state index is 12.5. The van der Waals surface area contributed by atoms with E-state index in [1.54, 1.807) is 22.6 Å². The third-order valence-electron chi connectivity index (χ3n) is 0.998. The van der Waals surface area contributed by atoms with Gasteiger partial charge in [0.2, 0.25) is 5.95 Å². The van der Waals surface area contributed by atoms with Crippen LogP contribution in [0.2, 0.25) is 0 Å². The average molecular weight is 255 g/mol. The molecule has 0 aliphatic rings. The van der Waals surface area contributed by atoms with Crippen LogP contribution in [0.3, 0.4) is 0 Å². The summed E-state index contributed by atoms with van der Waals surface area (Å²) in [6, 6.07) is 2.96. The zero-order valence-corrected chi connectivity index (χ0v) is 7.10. The molecule has 0 aliphatic heterocycles. The summed E-state index contributed by atoms with van der Waals surface area (Å²) < 4.78 is 24.7. The van der Waals surface area contributed by atoms with E-state index >= 15 is 0 Å². The van der Waals surface area contributed by atoms with Crippen molar-refractivity contribution in [3.63, 3.8) is 0 Å². The van der Waals surface area contributed by atoms with Gasteiger partial charge in [-0.15, -0.1) is 0 Å². The van der Waals surface area contributed by atoms with Crippen LogP contribution in [0.5, 0.6) is 0 Å². The molecule has 0 radical (unpaired) electrons. The van der Waals surface area contributed by atoms with Crippen molar-refractivity contribution in [3.8, 4) is 0 Å². The Labute approximate surface area is 70.6 Å². The molecule has 0 atom stereocenters. The summed E-state index contributed by atoms with van der Waals surface area (Å²) >= 11 is 1.80. The normalized spacial score (nSPS) is 9.90. The first kappa shape index (κ1) is 7.84. The van der Waals surface area contributed by atoms with Gasteiger partial charge in [-0.1, -0.05) is 0 Å². The second kappa shape index (κ2) is 3.23. The number of hydrogen-bond donors (Lipinski definition) is 0. The van der Waals surface area contributed by atoms with Crippen LogP contribution in [-0.4, -0.2) is 4.98 Å². The Morgan fingerprint density at radius 2 is 2.20 bits per heavy atom. The van der Waals surface area contributed by atoms with Crippen LogP contribution in [0.25, 0.3) is 0 Å². The van der Waals surface area contributed by atoms with Crippen molar-refractivity contribution < 1.29 is 8.78 Å². The zero-order chi connectivity index (χ0) is 7.56. The van der Waals surface area contributed by atoms with Gasteiger partial charge in [0.25, 0.3) is 0 Å². The number of alkyl halides is 1. The molecule has 0 aromatic carbocycles. The van der Waals surface area contributed by atoms with Crippen LogP contribution in [0.15, 0.2) is 12.1 Å². The van der Waals surface area contributed by atoms with Gasteiger partial charge in [0.05, 0.1) is 9.26 Å². The summed E-state index contributed by atoms with van der Waals surface area (Å²) in [6.45, 7) is -0.714. The maximum atomic E-state index is 12.5. The molecule has 0 unspecified atom stereocenters. The van der Waals surface area contributed by atoms with Crippen molar-refractivity contribution in [1.29, 1.82) is 0 Å². The lowest BCUT2D eigenvalue weighted by atomic mass is 10.4. The molecule has 0 saturated carbocycles. The van der Waals surface area contributed by atoms with E-state index < -0.39 is 12.6 Å². The lowest BCUT2D eigenvalue weighted by Crippen LogP contribution is -1.92. The molecule has 1 aromatic heterocycles. The lowest BCUT2D eigenvalue weighted by molar-refractivity contribution is 0.464. The SMILES string of the molecule is FCc1ccc(I)c(F)n1. The predicted octanol–water partition coefficient (Wildman–Crippen LogP) is 2.29. The van der Waals surface area contributed by atoms with Crippen LogP contribution < -0.4 is 0 Å². The third kappa shape index (κ3) is 1.62. The third-order valence-corrected chi connectivity index (χ3v) is 1.80. The minimum absolute atomic E-state index is 0.137. The number of halogens is 3. The van der Waals surface area contributed by atoms with Gasteiger partial charge in [0.1, 0.15) is 6.67 Å². The lowest BCUT2D eigenvalue weighted by Gasteiger charge is -1.94. The summed E-state index contributed by atoms with van der Waals surface area (Å²) in [5, 5.41) is 0. The molecule has 10 heavy (non-hydrogen) atoms. The first-order valence-electron chi connectivity index (χ1n) is 2.61. The molecule has 0 aliphatic carbocycles. The minimum Gasteiger partial charge on any atom is -0.244 e. The van der Waals surface area contributed by atoms with Gasteiger partial charge in [-0.2, -0.15) is 4.39 Å². The van der Waals surface area contributed by atoms with E-state index in [1.807, 2.05) is 0 Å². The summed E-state index contributed by atoms with van der Waals surface area (Å²) in [6.07, 6.45) is 0. The van der Waals surface area contributed by atoms with Crippen molar-refractivity contribution in [2.75, 3.05) is 0 Å². The van der Waals surface area contributed by atoms with E-state index in [9.17, 15) is 8.78 Å². The highest BCUT2D eigenvalue weighted by molar-refractivity contribution is 14.1. The standard InChI is InChI=1S/C6H4F2IN/c7-3-4-1-2-5(9)6(8)10-4/h1-2H,3H2. The van der Waals surface area contributed by atoms with Crippen LogP contribution in [-0.2, 0) is 6.67 Å². The molecule has 0 spiro atoms. The van der Waals surface area contributed by atoms with E-state index in [4.69, 9.17) is 0 Å². The average Bonchev–Trinajstić information content (AvgIpc) is 1.95. The highest BCUT2D eigenvalue weighted by Crippen LogP contribution is 2.08.